The minimum Gasteiger partial charge on any atom is -0.201 e. The van der Waals surface area contributed by atoms with Crippen LogP contribution in [0.15, 0.2) is 37.6 Å². The second kappa shape index (κ2) is 4.70. The molecule has 0 spiro atoms. The van der Waals surface area contributed by atoms with Crippen LogP contribution in [0.3, 0.4) is 0 Å². The van der Waals surface area contributed by atoms with Gasteiger partial charge in [-0.15, -0.1) is 0 Å². The van der Waals surface area contributed by atoms with E-state index in [2.05, 4.69) is 38.5 Å². The van der Waals surface area contributed by atoms with Crippen molar-refractivity contribution in [2.45, 2.75) is 26.3 Å². The van der Waals surface area contributed by atoms with Crippen LogP contribution < -0.4 is 0 Å². The zero-order valence-corrected chi connectivity index (χ0v) is 8.25. The summed E-state index contributed by atoms with van der Waals surface area (Å²) in [4.78, 5) is 0. The van der Waals surface area contributed by atoms with Gasteiger partial charge in [0.1, 0.15) is 0 Å². The van der Waals surface area contributed by atoms with Crippen molar-refractivity contribution in [2.24, 2.45) is 0 Å². The van der Waals surface area contributed by atoms with Crippen LogP contribution in [0.5, 0.6) is 0 Å². The molecule has 0 saturated carbocycles. The third kappa shape index (κ3) is 3.91. The van der Waals surface area contributed by atoms with Crippen LogP contribution in [0.1, 0.15) is 20.8 Å². The number of nitrogens with zero attached hydrogens (tertiary/aromatic N) is 1. The third-order valence-corrected chi connectivity index (χ3v) is 1.42. The predicted octanol–water partition coefficient (Wildman–Crippen LogP) is 2.75. The summed E-state index contributed by atoms with van der Waals surface area (Å²) in [6.07, 6.45) is 9.37. The van der Waals surface area contributed by atoms with Gasteiger partial charge in [0.2, 0.25) is 0 Å². The lowest BCUT2D eigenvalue weighted by atomic mass is 10.1. The molecule has 0 aliphatic rings. The SMILES string of the molecule is C=CC=[N+](/C=C\C=C)C(C)(C)C. The molecular weight excluding hydrogens is 146 g/mol. The van der Waals surface area contributed by atoms with Crippen LogP contribution in [0.25, 0.3) is 0 Å². The van der Waals surface area contributed by atoms with Gasteiger partial charge in [-0.1, -0.05) is 19.2 Å². The zero-order chi connectivity index (χ0) is 9.61. The van der Waals surface area contributed by atoms with Gasteiger partial charge in [0.25, 0.3) is 0 Å². The standard InChI is InChI=1S/C11H18N/c1-6-8-10-12(9-7-2)11(3,4)5/h6-10H,1-2H2,3-5H3/q+1/b10-8-,12-9?. The zero-order valence-electron chi connectivity index (χ0n) is 8.25. The Labute approximate surface area is 75.4 Å². The van der Waals surface area contributed by atoms with Gasteiger partial charge >= 0.3 is 0 Å². The Hall–Kier alpha value is -1.11. The van der Waals surface area contributed by atoms with Crippen LogP contribution in [0, 0.1) is 0 Å². The van der Waals surface area contributed by atoms with Crippen molar-refractivity contribution < 1.29 is 4.58 Å². The van der Waals surface area contributed by atoms with Crippen molar-refractivity contribution in [3.05, 3.63) is 37.6 Å². The van der Waals surface area contributed by atoms with E-state index < -0.39 is 0 Å². The van der Waals surface area contributed by atoms with E-state index in [1.54, 1.807) is 12.2 Å². The van der Waals surface area contributed by atoms with Crippen molar-refractivity contribution in [3.63, 3.8) is 0 Å². The molecule has 0 aromatic carbocycles. The summed E-state index contributed by atoms with van der Waals surface area (Å²) in [7, 11) is 0. The molecule has 1 nitrogen and oxygen atoms in total. The van der Waals surface area contributed by atoms with Crippen molar-refractivity contribution in [1.29, 1.82) is 0 Å². The van der Waals surface area contributed by atoms with Crippen molar-refractivity contribution in [1.82, 2.24) is 0 Å². The van der Waals surface area contributed by atoms with Crippen LogP contribution >= 0.6 is 0 Å². The number of hydrogen-bond donors (Lipinski definition) is 0. The van der Waals surface area contributed by atoms with E-state index in [0.717, 1.165) is 0 Å². The molecule has 0 aliphatic carbocycles. The average Bonchev–Trinajstić information content (AvgIpc) is 1.95. The maximum atomic E-state index is 3.67. The lowest BCUT2D eigenvalue weighted by molar-refractivity contribution is -0.529. The second-order valence-corrected chi connectivity index (χ2v) is 3.54. The molecule has 66 valence electrons. The van der Waals surface area contributed by atoms with Crippen LogP contribution in [0.4, 0.5) is 0 Å². The second-order valence-electron chi connectivity index (χ2n) is 3.54. The Bertz CT molecular complexity index is 214. The number of rotatable bonds is 3. The molecule has 0 rings (SSSR count). The Morgan fingerprint density at radius 1 is 1.08 bits per heavy atom. The van der Waals surface area contributed by atoms with E-state index in [9.17, 15) is 0 Å². The van der Waals surface area contributed by atoms with E-state index in [1.807, 2.05) is 18.5 Å². The predicted molar refractivity (Wildman–Crippen MR) is 55.6 cm³/mol. The van der Waals surface area contributed by atoms with Gasteiger partial charge in [-0.2, -0.15) is 0 Å². The molecular formula is C11H18N+. The Morgan fingerprint density at radius 2 is 1.67 bits per heavy atom. The molecule has 0 heterocycles. The molecule has 0 atom stereocenters. The summed E-state index contributed by atoms with van der Waals surface area (Å²) in [6, 6.07) is 0. The van der Waals surface area contributed by atoms with Gasteiger partial charge in [-0.25, -0.2) is 4.58 Å². The van der Waals surface area contributed by atoms with Crippen molar-refractivity contribution >= 4 is 6.21 Å². The van der Waals surface area contributed by atoms with Crippen LogP contribution in [-0.2, 0) is 0 Å². The summed E-state index contributed by atoms with van der Waals surface area (Å²) < 4.78 is 2.08. The molecule has 0 bridgehead atoms. The Kier molecular flexibility index (Phi) is 4.27. The molecule has 12 heavy (non-hydrogen) atoms. The summed E-state index contributed by atoms with van der Waals surface area (Å²) in [5.74, 6) is 0. The van der Waals surface area contributed by atoms with Gasteiger partial charge in [0.15, 0.2) is 18.0 Å². The summed E-state index contributed by atoms with van der Waals surface area (Å²) in [5.41, 5.74) is 0.0910. The van der Waals surface area contributed by atoms with Gasteiger partial charge in [0.05, 0.1) is 0 Å². The third-order valence-electron chi connectivity index (χ3n) is 1.42. The van der Waals surface area contributed by atoms with Gasteiger partial charge in [-0.05, 0) is 6.08 Å². The maximum absolute atomic E-state index is 3.67. The molecule has 0 fully saturated rings. The Balaban J connectivity index is 4.68. The molecule has 0 aromatic rings. The van der Waals surface area contributed by atoms with E-state index >= 15 is 0 Å². The van der Waals surface area contributed by atoms with Crippen molar-refractivity contribution in [3.8, 4) is 0 Å². The van der Waals surface area contributed by atoms with Crippen LogP contribution in [0.2, 0.25) is 0 Å². The highest BCUT2D eigenvalue weighted by Crippen LogP contribution is 2.06. The smallest absolute Gasteiger partial charge is 0.169 e. The highest BCUT2D eigenvalue weighted by atomic mass is 15.0. The highest BCUT2D eigenvalue weighted by molar-refractivity contribution is 5.65. The summed E-state index contributed by atoms with van der Waals surface area (Å²) >= 11 is 0. The molecule has 1 heteroatoms. The fourth-order valence-electron chi connectivity index (χ4n) is 0.764. The van der Waals surface area contributed by atoms with E-state index in [-0.39, 0.29) is 5.54 Å². The summed E-state index contributed by atoms with van der Waals surface area (Å²) in [5, 5.41) is 0. The Morgan fingerprint density at radius 3 is 2.00 bits per heavy atom. The molecule has 0 N–H and O–H groups in total. The quantitative estimate of drug-likeness (QED) is 0.343. The fraction of sp³-hybridized carbons (Fsp3) is 0.364. The molecule has 0 saturated heterocycles. The number of hydrogen-bond acceptors (Lipinski definition) is 0. The first-order valence-electron chi connectivity index (χ1n) is 4.06. The first-order chi connectivity index (χ1) is 5.52. The summed E-state index contributed by atoms with van der Waals surface area (Å²) in [6.45, 7) is 13.7. The topological polar surface area (TPSA) is 3.01 Å². The van der Waals surface area contributed by atoms with E-state index in [1.165, 1.54) is 0 Å². The van der Waals surface area contributed by atoms with E-state index in [0.29, 0.717) is 0 Å². The number of allylic oxidation sites excluding steroid dienone is 3. The molecule has 0 radical (unpaired) electrons. The maximum Gasteiger partial charge on any atom is 0.169 e. The van der Waals surface area contributed by atoms with Crippen molar-refractivity contribution in [2.75, 3.05) is 0 Å². The minimum absolute atomic E-state index is 0.0910. The van der Waals surface area contributed by atoms with Gasteiger partial charge in [0, 0.05) is 26.8 Å². The molecule has 0 aromatic heterocycles. The lowest BCUT2D eigenvalue weighted by Crippen LogP contribution is -2.29. The average molecular weight is 164 g/mol. The lowest BCUT2D eigenvalue weighted by Gasteiger charge is -2.13. The van der Waals surface area contributed by atoms with Crippen LogP contribution in [-0.4, -0.2) is 16.3 Å². The minimum atomic E-state index is 0.0910. The monoisotopic (exact) mass is 164 g/mol. The highest BCUT2D eigenvalue weighted by Gasteiger charge is 2.20. The van der Waals surface area contributed by atoms with Gasteiger partial charge < -0.3 is 0 Å². The normalized spacial score (nSPS) is 13.4. The molecule has 0 unspecified atom stereocenters. The first-order valence-corrected chi connectivity index (χ1v) is 4.06. The molecule has 0 amide bonds. The fourth-order valence-corrected chi connectivity index (χ4v) is 0.764. The van der Waals surface area contributed by atoms with Gasteiger partial charge in [-0.3, -0.25) is 0 Å². The first kappa shape index (κ1) is 10.9. The van der Waals surface area contributed by atoms with E-state index in [4.69, 9.17) is 0 Å². The largest absolute Gasteiger partial charge is 0.201 e. The molecule has 0 aliphatic heterocycles.